The first-order chi connectivity index (χ1) is 14.4. The molecule has 154 valence electrons. The van der Waals surface area contributed by atoms with Gasteiger partial charge in [0.2, 0.25) is 6.10 Å². The summed E-state index contributed by atoms with van der Waals surface area (Å²) >= 11 is 5.89. The summed E-state index contributed by atoms with van der Waals surface area (Å²) in [5.41, 5.74) is 0.791. The van der Waals surface area contributed by atoms with E-state index in [4.69, 9.17) is 21.1 Å². The minimum absolute atomic E-state index is 0.0478. The maximum absolute atomic E-state index is 12.5. The number of carbonyl (C=O) groups is 1. The van der Waals surface area contributed by atoms with E-state index in [-0.39, 0.29) is 11.5 Å². The molecule has 9 heteroatoms. The SMILES string of the molecule is O=C(Nc1ccc(S(=O)(=O)Nc2cccc(Cl)c2)cc1)[C@H]1COc2ccccc2O1. The van der Waals surface area contributed by atoms with Crippen molar-refractivity contribution >= 4 is 38.9 Å². The van der Waals surface area contributed by atoms with Crippen molar-refractivity contribution < 1.29 is 22.7 Å². The third kappa shape index (κ3) is 4.50. The third-order valence-corrected chi connectivity index (χ3v) is 5.94. The van der Waals surface area contributed by atoms with Crippen LogP contribution in [0, 0.1) is 0 Å². The molecule has 3 aromatic rings. The summed E-state index contributed by atoms with van der Waals surface area (Å²) in [5, 5.41) is 3.12. The molecule has 3 aromatic carbocycles. The average Bonchev–Trinajstić information content (AvgIpc) is 2.73. The monoisotopic (exact) mass is 444 g/mol. The van der Waals surface area contributed by atoms with Gasteiger partial charge in [-0.3, -0.25) is 9.52 Å². The average molecular weight is 445 g/mol. The van der Waals surface area contributed by atoms with Crippen molar-refractivity contribution in [3.8, 4) is 11.5 Å². The zero-order valence-electron chi connectivity index (χ0n) is 15.5. The number of hydrogen-bond acceptors (Lipinski definition) is 5. The zero-order valence-corrected chi connectivity index (χ0v) is 17.1. The van der Waals surface area contributed by atoms with Gasteiger partial charge < -0.3 is 14.8 Å². The first-order valence-electron chi connectivity index (χ1n) is 8.98. The Labute approximate surface area is 178 Å². The van der Waals surface area contributed by atoms with E-state index < -0.39 is 22.0 Å². The van der Waals surface area contributed by atoms with Crippen LogP contribution in [0.4, 0.5) is 11.4 Å². The maximum atomic E-state index is 12.5. The number of hydrogen-bond donors (Lipinski definition) is 2. The molecule has 1 heterocycles. The fourth-order valence-electron chi connectivity index (χ4n) is 2.85. The van der Waals surface area contributed by atoms with Crippen molar-refractivity contribution in [2.24, 2.45) is 0 Å². The van der Waals surface area contributed by atoms with Gasteiger partial charge in [0.25, 0.3) is 15.9 Å². The lowest BCUT2D eigenvalue weighted by atomic mass is 10.2. The zero-order chi connectivity index (χ0) is 21.1. The van der Waals surface area contributed by atoms with Crippen LogP contribution in [-0.4, -0.2) is 27.0 Å². The van der Waals surface area contributed by atoms with E-state index >= 15 is 0 Å². The first-order valence-corrected chi connectivity index (χ1v) is 10.8. The summed E-state index contributed by atoms with van der Waals surface area (Å²) in [7, 11) is -3.80. The molecule has 0 saturated heterocycles. The molecule has 0 aliphatic carbocycles. The van der Waals surface area contributed by atoms with Crippen LogP contribution in [0.3, 0.4) is 0 Å². The molecule has 2 N–H and O–H groups in total. The van der Waals surface area contributed by atoms with Crippen molar-refractivity contribution in [1.82, 2.24) is 0 Å². The van der Waals surface area contributed by atoms with Crippen LogP contribution >= 0.6 is 11.6 Å². The molecule has 0 unspecified atom stereocenters. The lowest BCUT2D eigenvalue weighted by Gasteiger charge is -2.25. The van der Waals surface area contributed by atoms with Gasteiger partial charge in [-0.2, -0.15) is 0 Å². The fourth-order valence-corrected chi connectivity index (χ4v) is 4.09. The predicted octanol–water partition coefficient (Wildman–Crippen LogP) is 3.92. The standard InChI is InChI=1S/C21H17ClN2O5S/c22-14-4-3-5-16(12-14)24-30(26,27)17-10-8-15(9-11-17)23-21(25)20-13-28-18-6-1-2-7-19(18)29-20/h1-12,20,24H,13H2,(H,23,25)/t20-/m1/s1. The van der Waals surface area contributed by atoms with Gasteiger partial charge in [-0.15, -0.1) is 0 Å². The van der Waals surface area contributed by atoms with Gasteiger partial charge in [0.15, 0.2) is 11.5 Å². The van der Waals surface area contributed by atoms with E-state index in [2.05, 4.69) is 10.0 Å². The number of amides is 1. The number of para-hydroxylation sites is 2. The highest BCUT2D eigenvalue weighted by Crippen LogP contribution is 2.31. The Kier molecular flexibility index (Phi) is 5.52. The van der Waals surface area contributed by atoms with Crippen LogP contribution in [0.1, 0.15) is 0 Å². The Morgan fingerprint density at radius 3 is 2.40 bits per heavy atom. The third-order valence-electron chi connectivity index (χ3n) is 4.31. The molecule has 4 rings (SSSR count). The Hall–Kier alpha value is -3.23. The molecule has 0 radical (unpaired) electrons. The van der Waals surface area contributed by atoms with Crippen LogP contribution < -0.4 is 19.5 Å². The minimum Gasteiger partial charge on any atom is -0.485 e. The largest absolute Gasteiger partial charge is 0.485 e. The van der Waals surface area contributed by atoms with Crippen LogP contribution in [0.15, 0.2) is 77.7 Å². The predicted molar refractivity (Wildman–Crippen MR) is 114 cm³/mol. The molecule has 1 aliphatic rings. The van der Waals surface area contributed by atoms with Gasteiger partial charge in [-0.25, -0.2) is 8.42 Å². The number of nitrogens with one attached hydrogen (secondary N) is 2. The summed E-state index contributed by atoms with van der Waals surface area (Å²) in [6.07, 6.45) is -0.812. The normalized spacial score (nSPS) is 15.3. The van der Waals surface area contributed by atoms with Gasteiger partial charge in [0.05, 0.1) is 10.6 Å². The van der Waals surface area contributed by atoms with Crippen molar-refractivity contribution in [2.45, 2.75) is 11.0 Å². The molecule has 7 nitrogen and oxygen atoms in total. The number of sulfonamides is 1. The fraction of sp³-hybridized carbons (Fsp3) is 0.0952. The smallest absolute Gasteiger partial charge is 0.269 e. The number of rotatable bonds is 5. The molecule has 0 aromatic heterocycles. The molecule has 1 atom stereocenters. The summed E-state index contributed by atoms with van der Waals surface area (Å²) in [6.45, 7) is 0.0822. The molecule has 0 fully saturated rings. The van der Waals surface area contributed by atoms with Crippen molar-refractivity contribution in [3.63, 3.8) is 0 Å². The van der Waals surface area contributed by atoms with Crippen molar-refractivity contribution in [3.05, 3.63) is 77.8 Å². The van der Waals surface area contributed by atoms with E-state index in [1.807, 2.05) is 6.07 Å². The lowest BCUT2D eigenvalue weighted by molar-refractivity contribution is -0.125. The van der Waals surface area contributed by atoms with E-state index in [0.717, 1.165) is 0 Å². The van der Waals surface area contributed by atoms with E-state index in [1.165, 1.54) is 30.3 Å². The van der Waals surface area contributed by atoms with Gasteiger partial charge in [0, 0.05) is 10.7 Å². The van der Waals surface area contributed by atoms with Gasteiger partial charge >= 0.3 is 0 Å². The first kappa shape index (κ1) is 20.1. The number of anilines is 2. The molecular formula is C21H17ClN2O5S. The van der Waals surface area contributed by atoms with E-state index in [1.54, 1.807) is 36.4 Å². The van der Waals surface area contributed by atoms with Crippen LogP contribution in [0.5, 0.6) is 11.5 Å². The quantitative estimate of drug-likeness (QED) is 0.622. The molecule has 0 saturated carbocycles. The van der Waals surface area contributed by atoms with E-state index in [9.17, 15) is 13.2 Å². The number of fused-ring (bicyclic) bond motifs is 1. The topological polar surface area (TPSA) is 93.7 Å². The van der Waals surface area contributed by atoms with Gasteiger partial charge in [-0.05, 0) is 54.6 Å². The lowest BCUT2D eigenvalue weighted by Crippen LogP contribution is -2.40. The highest BCUT2D eigenvalue weighted by Gasteiger charge is 2.27. The molecule has 0 bridgehead atoms. The second-order valence-electron chi connectivity index (χ2n) is 6.49. The molecule has 30 heavy (non-hydrogen) atoms. The molecule has 1 amide bonds. The number of benzene rings is 3. The second-order valence-corrected chi connectivity index (χ2v) is 8.61. The minimum atomic E-state index is -3.80. The Morgan fingerprint density at radius 1 is 0.933 bits per heavy atom. The molecule has 1 aliphatic heterocycles. The second kappa shape index (κ2) is 8.25. The maximum Gasteiger partial charge on any atom is 0.269 e. The van der Waals surface area contributed by atoms with Crippen LogP contribution in [0.2, 0.25) is 5.02 Å². The summed E-state index contributed by atoms with van der Waals surface area (Å²) in [5.74, 6) is 0.693. The highest BCUT2D eigenvalue weighted by atomic mass is 35.5. The molecular weight excluding hydrogens is 428 g/mol. The van der Waals surface area contributed by atoms with Gasteiger partial charge in [0.1, 0.15) is 6.61 Å². The Balaban J connectivity index is 1.42. The summed E-state index contributed by atoms with van der Waals surface area (Å²) in [4.78, 5) is 12.5. The highest BCUT2D eigenvalue weighted by molar-refractivity contribution is 7.92. The summed E-state index contributed by atoms with van der Waals surface area (Å²) in [6, 6.07) is 19.3. The molecule has 0 spiro atoms. The number of carbonyl (C=O) groups excluding carboxylic acids is 1. The van der Waals surface area contributed by atoms with Crippen molar-refractivity contribution in [2.75, 3.05) is 16.6 Å². The Morgan fingerprint density at radius 2 is 1.67 bits per heavy atom. The van der Waals surface area contributed by atoms with Gasteiger partial charge in [-0.1, -0.05) is 29.8 Å². The van der Waals surface area contributed by atoms with Crippen LogP contribution in [-0.2, 0) is 14.8 Å². The summed E-state index contributed by atoms with van der Waals surface area (Å²) < 4.78 is 38.7. The van der Waals surface area contributed by atoms with E-state index in [0.29, 0.717) is 27.9 Å². The van der Waals surface area contributed by atoms with Crippen LogP contribution in [0.25, 0.3) is 0 Å². The Bertz CT molecular complexity index is 1180. The number of ether oxygens (including phenoxy) is 2. The number of halogens is 1. The van der Waals surface area contributed by atoms with Crippen molar-refractivity contribution in [1.29, 1.82) is 0 Å².